The lowest BCUT2D eigenvalue weighted by atomic mass is 9.86. The number of hydrogen-bond acceptors (Lipinski definition) is 3. The maximum atomic E-state index is 12.3. The third kappa shape index (κ3) is 4.80. The molecule has 2 amide bonds. The lowest BCUT2D eigenvalue weighted by Crippen LogP contribution is -2.51. The van der Waals surface area contributed by atoms with Crippen molar-refractivity contribution in [3.05, 3.63) is 0 Å². The van der Waals surface area contributed by atoms with Crippen molar-refractivity contribution in [1.29, 1.82) is 0 Å². The molecule has 4 heteroatoms. The van der Waals surface area contributed by atoms with Crippen molar-refractivity contribution in [1.82, 2.24) is 4.90 Å². The number of carbonyl (C=O) groups excluding carboxylic acids is 2. The zero-order valence-electron chi connectivity index (χ0n) is 14.0. The van der Waals surface area contributed by atoms with E-state index in [0.717, 1.165) is 38.5 Å². The number of unbranched alkanes of at least 4 members (excludes halogenated alkanes) is 5. The fourth-order valence-corrected chi connectivity index (χ4v) is 3.26. The standard InChI is InChI=1S/C17H32N2O2/c1-4-6-8-10-12-17(3,11-9-7-5-2)19-15(20)13-14(18)16(19)21/h14H,4-13,18H2,1-3H3. The van der Waals surface area contributed by atoms with Crippen LogP contribution in [0.4, 0.5) is 0 Å². The zero-order valence-corrected chi connectivity index (χ0v) is 14.0. The summed E-state index contributed by atoms with van der Waals surface area (Å²) in [5.74, 6) is -0.253. The summed E-state index contributed by atoms with van der Waals surface area (Å²) < 4.78 is 0. The van der Waals surface area contributed by atoms with E-state index in [2.05, 4.69) is 20.8 Å². The Kier molecular flexibility index (Phi) is 7.36. The molecule has 0 saturated carbocycles. The maximum absolute atomic E-state index is 12.3. The second-order valence-corrected chi connectivity index (χ2v) is 6.64. The summed E-state index contributed by atoms with van der Waals surface area (Å²) in [6, 6.07) is -0.626. The quantitative estimate of drug-likeness (QED) is 0.496. The van der Waals surface area contributed by atoms with Gasteiger partial charge >= 0.3 is 0 Å². The lowest BCUT2D eigenvalue weighted by molar-refractivity contribution is -0.146. The molecule has 0 aromatic rings. The highest BCUT2D eigenvalue weighted by Gasteiger charge is 2.45. The van der Waals surface area contributed by atoms with E-state index in [1.807, 2.05) is 0 Å². The first-order valence-corrected chi connectivity index (χ1v) is 8.58. The fraction of sp³-hybridized carbons (Fsp3) is 0.882. The van der Waals surface area contributed by atoms with Gasteiger partial charge in [0.1, 0.15) is 0 Å². The number of nitrogens with two attached hydrogens (primary N) is 1. The Morgan fingerprint density at radius 1 is 1.05 bits per heavy atom. The van der Waals surface area contributed by atoms with Crippen LogP contribution >= 0.6 is 0 Å². The smallest absolute Gasteiger partial charge is 0.247 e. The third-order valence-corrected chi connectivity index (χ3v) is 4.61. The van der Waals surface area contributed by atoms with Crippen LogP contribution < -0.4 is 5.73 Å². The largest absolute Gasteiger partial charge is 0.319 e. The molecule has 2 atom stereocenters. The third-order valence-electron chi connectivity index (χ3n) is 4.61. The summed E-state index contributed by atoms with van der Waals surface area (Å²) in [6.45, 7) is 6.43. The molecular formula is C17H32N2O2. The van der Waals surface area contributed by atoms with Gasteiger partial charge in [0, 0.05) is 5.54 Å². The van der Waals surface area contributed by atoms with Gasteiger partial charge in [-0.2, -0.15) is 0 Å². The first kappa shape index (κ1) is 18.1. The number of carbonyl (C=O) groups is 2. The molecule has 1 rings (SSSR count). The molecule has 4 nitrogen and oxygen atoms in total. The fourth-order valence-electron chi connectivity index (χ4n) is 3.26. The molecule has 2 unspecified atom stereocenters. The number of likely N-dealkylation sites (tertiary alicyclic amines) is 1. The monoisotopic (exact) mass is 296 g/mol. The van der Waals surface area contributed by atoms with Gasteiger partial charge in [0.25, 0.3) is 0 Å². The van der Waals surface area contributed by atoms with Gasteiger partial charge in [-0.1, -0.05) is 58.8 Å². The molecular weight excluding hydrogens is 264 g/mol. The maximum Gasteiger partial charge on any atom is 0.247 e. The topological polar surface area (TPSA) is 63.4 Å². The van der Waals surface area contributed by atoms with Crippen molar-refractivity contribution in [2.75, 3.05) is 0 Å². The van der Waals surface area contributed by atoms with Crippen LogP contribution in [0.3, 0.4) is 0 Å². The predicted octanol–water partition coefficient (Wildman–Crippen LogP) is 3.38. The number of nitrogens with zero attached hydrogens (tertiary/aromatic N) is 1. The van der Waals surface area contributed by atoms with E-state index in [1.165, 1.54) is 24.2 Å². The molecule has 1 fully saturated rings. The van der Waals surface area contributed by atoms with Gasteiger partial charge in [-0.25, -0.2) is 0 Å². The molecule has 0 spiro atoms. The summed E-state index contributed by atoms with van der Waals surface area (Å²) in [5.41, 5.74) is 5.43. The Morgan fingerprint density at radius 2 is 1.57 bits per heavy atom. The van der Waals surface area contributed by atoms with Gasteiger partial charge in [-0.3, -0.25) is 14.5 Å². The Balaban J connectivity index is 2.74. The molecule has 0 aromatic heterocycles. The van der Waals surface area contributed by atoms with Crippen LogP contribution in [0.1, 0.15) is 85.0 Å². The number of imide groups is 1. The van der Waals surface area contributed by atoms with E-state index >= 15 is 0 Å². The van der Waals surface area contributed by atoms with Gasteiger partial charge < -0.3 is 5.73 Å². The van der Waals surface area contributed by atoms with Crippen LogP contribution in [0.5, 0.6) is 0 Å². The summed E-state index contributed by atoms with van der Waals surface area (Å²) in [5, 5.41) is 0. The Hall–Kier alpha value is -0.900. The van der Waals surface area contributed by atoms with Crippen LogP contribution in [0.15, 0.2) is 0 Å². The predicted molar refractivity (Wildman–Crippen MR) is 85.8 cm³/mol. The molecule has 1 aliphatic rings. The van der Waals surface area contributed by atoms with Crippen LogP contribution in [0.25, 0.3) is 0 Å². The normalized spacial score (nSPS) is 21.9. The van der Waals surface area contributed by atoms with E-state index < -0.39 is 6.04 Å². The van der Waals surface area contributed by atoms with E-state index in [-0.39, 0.29) is 23.8 Å². The molecule has 1 aliphatic heterocycles. The van der Waals surface area contributed by atoms with E-state index in [9.17, 15) is 9.59 Å². The van der Waals surface area contributed by atoms with Crippen LogP contribution in [0, 0.1) is 0 Å². The van der Waals surface area contributed by atoms with Crippen molar-refractivity contribution in [2.45, 2.75) is 96.6 Å². The van der Waals surface area contributed by atoms with E-state index in [0.29, 0.717) is 0 Å². The van der Waals surface area contributed by atoms with Gasteiger partial charge in [0.05, 0.1) is 12.5 Å². The number of rotatable bonds is 10. The average molecular weight is 296 g/mol. The SMILES string of the molecule is CCCCCCC(C)(CCCCC)N1C(=O)CC(N)C1=O. The second-order valence-electron chi connectivity index (χ2n) is 6.64. The summed E-state index contributed by atoms with van der Waals surface area (Å²) in [7, 11) is 0. The molecule has 0 bridgehead atoms. The van der Waals surface area contributed by atoms with Gasteiger partial charge in [-0.05, 0) is 19.8 Å². The first-order valence-electron chi connectivity index (χ1n) is 8.58. The van der Waals surface area contributed by atoms with Gasteiger partial charge in [0.2, 0.25) is 11.8 Å². The minimum absolute atomic E-state index is 0.0815. The van der Waals surface area contributed by atoms with Gasteiger partial charge in [0.15, 0.2) is 0 Å². The number of hydrogen-bond donors (Lipinski definition) is 1. The molecule has 1 heterocycles. The molecule has 2 N–H and O–H groups in total. The Bertz CT molecular complexity index is 357. The van der Waals surface area contributed by atoms with Crippen molar-refractivity contribution in [3.63, 3.8) is 0 Å². The van der Waals surface area contributed by atoms with Crippen LogP contribution in [-0.2, 0) is 9.59 Å². The molecule has 122 valence electrons. The van der Waals surface area contributed by atoms with Gasteiger partial charge in [-0.15, -0.1) is 0 Å². The highest BCUT2D eigenvalue weighted by Crippen LogP contribution is 2.33. The first-order chi connectivity index (χ1) is 9.96. The van der Waals surface area contributed by atoms with Crippen LogP contribution in [-0.4, -0.2) is 28.3 Å². The molecule has 0 aromatic carbocycles. The summed E-state index contributed by atoms with van der Waals surface area (Å²) in [6.07, 6.45) is 9.98. The van der Waals surface area contributed by atoms with Crippen molar-refractivity contribution < 1.29 is 9.59 Å². The molecule has 0 aliphatic carbocycles. The zero-order chi connectivity index (χ0) is 15.9. The highest BCUT2D eigenvalue weighted by atomic mass is 16.2. The Labute approximate surface area is 129 Å². The van der Waals surface area contributed by atoms with Crippen molar-refractivity contribution in [2.24, 2.45) is 5.73 Å². The molecule has 21 heavy (non-hydrogen) atoms. The molecule has 0 radical (unpaired) electrons. The van der Waals surface area contributed by atoms with E-state index in [1.54, 1.807) is 0 Å². The lowest BCUT2D eigenvalue weighted by Gasteiger charge is -2.38. The Morgan fingerprint density at radius 3 is 2.05 bits per heavy atom. The minimum Gasteiger partial charge on any atom is -0.319 e. The number of amides is 2. The average Bonchev–Trinajstić information content (AvgIpc) is 2.69. The second kappa shape index (κ2) is 8.52. The summed E-state index contributed by atoms with van der Waals surface area (Å²) >= 11 is 0. The van der Waals surface area contributed by atoms with E-state index in [4.69, 9.17) is 5.73 Å². The molecule has 1 saturated heterocycles. The summed E-state index contributed by atoms with van der Waals surface area (Å²) in [4.78, 5) is 26.0. The van der Waals surface area contributed by atoms with Crippen molar-refractivity contribution in [3.8, 4) is 0 Å². The van der Waals surface area contributed by atoms with Crippen LogP contribution in [0.2, 0.25) is 0 Å². The highest BCUT2D eigenvalue weighted by molar-refractivity contribution is 6.06. The minimum atomic E-state index is -0.626. The van der Waals surface area contributed by atoms with Crippen molar-refractivity contribution >= 4 is 11.8 Å².